The Hall–Kier alpha value is -0.823. The average Bonchev–Trinajstić information content (AvgIpc) is 2.14. The number of rotatable bonds is 4. The Morgan fingerprint density at radius 2 is 1.86 bits per heavy atom. The minimum absolute atomic E-state index is 1.08. The van der Waals surface area contributed by atoms with Crippen LogP contribution < -0.4 is 5.19 Å². The first-order chi connectivity index (χ1) is 6.55. The topological polar surface area (TPSA) is 0 Å². The average molecular weight is 204 g/mol. The Kier molecular flexibility index (Phi) is 3.70. The van der Waals surface area contributed by atoms with Crippen molar-refractivity contribution in [2.75, 3.05) is 0 Å². The molecule has 14 heavy (non-hydrogen) atoms. The van der Waals surface area contributed by atoms with Crippen molar-refractivity contribution in [2.45, 2.75) is 32.5 Å². The predicted molar refractivity (Wildman–Crippen MR) is 67.9 cm³/mol. The quantitative estimate of drug-likeness (QED) is 0.521. The molecule has 0 nitrogen and oxygen atoms in total. The highest BCUT2D eigenvalue weighted by atomic mass is 28.3. The van der Waals surface area contributed by atoms with Crippen LogP contribution in [0.4, 0.5) is 0 Å². The molecule has 0 unspecified atom stereocenters. The fraction of sp³-hybridized carbons (Fsp3) is 0.385. The molecule has 0 aliphatic rings. The number of benzene rings is 1. The highest BCUT2D eigenvalue weighted by Crippen LogP contribution is 2.09. The van der Waals surface area contributed by atoms with Gasteiger partial charge in [-0.1, -0.05) is 55.2 Å². The van der Waals surface area contributed by atoms with Gasteiger partial charge in [-0.3, -0.25) is 0 Å². The summed E-state index contributed by atoms with van der Waals surface area (Å²) >= 11 is 0. The van der Waals surface area contributed by atoms with E-state index in [1.165, 1.54) is 5.56 Å². The Labute approximate surface area is 88.7 Å². The molecular weight excluding hydrogens is 184 g/mol. The molecule has 1 aromatic carbocycles. The SMILES string of the molecule is C=CCCc1ccccc1[Si](C)(C)C. The van der Waals surface area contributed by atoms with Crippen molar-refractivity contribution in [1.29, 1.82) is 0 Å². The molecule has 0 N–H and O–H groups in total. The summed E-state index contributed by atoms with van der Waals surface area (Å²) in [5.74, 6) is 0. The smallest absolute Gasteiger partial charge is 0.0779 e. The highest BCUT2D eigenvalue weighted by molar-refractivity contribution is 6.89. The van der Waals surface area contributed by atoms with Gasteiger partial charge >= 0.3 is 0 Å². The third-order valence-electron chi connectivity index (χ3n) is 2.44. The van der Waals surface area contributed by atoms with Gasteiger partial charge in [0, 0.05) is 0 Å². The first kappa shape index (κ1) is 11.3. The highest BCUT2D eigenvalue weighted by Gasteiger charge is 2.18. The van der Waals surface area contributed by atoms with E-state index in [2.05, 4.69) is 50.5 Å². The maximum absolute atomic E-state index is 3.78. The normalized spacial score (nSPS) is 11.4. The van der Waals surface area contributed by atoms with E-state index in [0.717, 1.165) is 12.8 Å². The minimum Gasteiger partial charge on any atom is -0.103 e. The number of hydrogen-bond acceptors (Lipinski definition) is 0. The lowest BCUT2D eigenvalue weighted by molar-refractivity contribution is 1.01. The van der Waals surface area contributed by atoms with Gasteiger partial charge in [0.2, 0.25) is 0 Å². The molecule has 1 rings (SSSR count). The van der Waals surface area contributed by atoms with Gasteiger partial charge in [-0.25, -0.2) is 0 Å². The van der Waals surface area contributed by atoms with Crippen molar-refractivity contribution in [3.05, 3.63) is 42.5 Å². The van der Waals surface area contributed by atoms with Crippen molar-refractivity contribution < 1.29 is 0 Å². The summed E-state index contributed by atoms with van der Waals surface area (Å²) in [5.41, 5.74) is 1.52. The van der Waals surface area contributed by atoms with Gasteiger partial charge in [-0.05, 0) is 18.4 Å². The van der Waals surface area contributed by atoms with E-state index >= 15 is 0 Å². The largest absolute Gasteiger partial charge is 0.103 e. The summed E-state index contributed by atoms with van der Waals surface area (Å²) < 4.78 is 0. The van der Waals surface area contributed by atoms with Gasteiger partial charge in [0.1, 0.15) is 0 Å². The predicted octanol–water partition coefficient (Wildman–Crippen LogP) is 3.35. The molecule has 0 bridgehead atoms. The Morgan fingerprint density at radius 1 is 1.21 bits per heavy atom. The van der Waals surface area contributed by atoms with Crippen LogP contribution in [0.25, 0.3) is 0 Å². The molecule has 0 saturated carbocycles. The Bertz CT molecular complexity index is 307. The van der Waals surface area contributed by atoms with Crippen LogP contribution in [0.2, 0.25) is 19.6 Å². The molecule has 0 aromatic heterocycles. The molecule has 0 aliphatic heterocycles. The molecule has 1 heteroatoms. The van der Waals surface area contributed by atoms with Crippen LogP contribution in [0.15, 0.2) is 36.9 Å². The van der Waals surface area contributed by atoms with Gasteiger partial charge in [-0.15, -0.1) is 6.58 Å². The van der Waals surface area contributed by atoms with Gasteiger partial charge in [0.25, 0.3) is 0 Å². The van der Waals surface area contributed by atoms with E-state index in [0.29, 0.717) is 0 Å². The summed E-state index contributed by atoms with van der Waals surface area (Å²) in [5, 5.41) is 1.60. The monoisotopic (exact) mass is 204 g/mol. The molecule has 0 aliphatic carbocycles. The molecular formula is C13H20Si. The molecule has 0 amide bonds. The number of allylic oxidation sites excluding steroid dienone is 1. The molecule has 0 atom stereocenters. The molecule has 1 aromatic rings. The van der Waals surface area contributed by atoms with Crippen LogP contribution in [-0.4, -0.2) is 8.07 Å². The van der Waals surface area contributed by atoms with Crippen LogP contribution in [0.3, 0.4) is 0 Å². The van der Waals surface area contributed by atoms with Crippen LogP contribution in [-0.2, 0) is 6.42 Å². The Morgan fingerprint density at radius 3 is 2.43 bits per heavy atom. The lowest BCUT2D eigenvalue weighted by Gasteiger charge is -2.20. The number of hydrogen-bond donors (Lipinski definition) is 0. The zero-order valence-electron chi connectivity index (χ0n) is 9.51. The molecule has 0 saturated heterocycles. The second-order valence-corrected chi connectivity index (χ2v) is 9.77. The zero-order chi connectivity index (χ0) is 10.6. The minimum atomic E-state index is -1.16. The lowest BCUT2D eigenvalue weighted by Crippen LogP contribution is -2.39. The summed E-state index contributed by atoms with van der Waals surface area (Å²) in [7, 11) is -1.16. The van der Waals surface area contributed by atoms with Crippen molar-refractivity contribution >= 4 is 13.3 Å². The molecule has 76 valence electrons. The molecule has 0 heterocycles. The van der Waals surface area contributed by atoms with Gasteiger partial charge in [0.15, 0.2) is 0 Å². The third-order valence-corrected chi connectivity index (χ3v) is 4.55. The second-order valence-electron chi connectivity index (χ2n) is 4.73. The third kappa shape index (κ3) is 2.84. The van der Waals surface area contributed by atoms with E-state index in [1.807, 2.05) is 6.08 Å². The van der Waals surface area contributed by atoms with Gasteiger partial charge < -0.3 is 0 Å². The molecule has 0 spiro atoms. The van der Waals surface area contributed by atoms with Crippen molar-refractivity contribution in [1.82, 2.24) is 0 Å². The zero-order valence-corrected chi connectivity index (χ0v) is 10.5. The standard InChI is InChI=1S/C13H20Si/c1-5-6-9-12-10-7-8-11-13(12)14(2,3)4/h5,7-8,10-11H,1,6,9H2,2-4H3. The fourth-order valence-electron chi connectivity index (χ4n) is 1.73. The Balaban J connectivity index is 2.97. The number of aryl methyl sites for hydroxylation is 1. The summed E-state index contributed by atoms with van der Waals surface area (Å²) in [4.78, 5) is 0. The van der Waals surface area contributed by atoms with Crippen LogP contribution in [0.5, 0.6) is 0 Å². The summed E-state index contributed by atoms with van der Waals surface area (Å²) in [6, 6.07) is 8.86. The van der Waals surface area contributed by atoms with Gasteiger partial charge in [0.05, 0.1) is 8.07 Å². The van der Waals surface area contributed by atoms with E-state index in [9.17, 15) is 0 Å². The van der Waals surface area contributed by atoms with E-state index < -0.39 is 8.07 Å². The van der Waals surface area contributed by atoms with Crippen molar-refractivity contribution in [3.63, 3.8) is 0 Å². The molecule has 0 radical (unpaired) electrons. The summed E-state index contributed by atoms with van der Waals surface area (Å²) in [6.07, 6.45) is 4.23. The van der Waals surface area contributed by atoms with Gasteiger partial charge in [-0.2, -0.15) is 0 Å². The summed E-state index contributed by atoms with van der Waals surface area (Å²) in [6.45, 7) is 11.0. The van der Waals surface area contributed by atoms with Crippen LogP contribution >= 0.6 is 0 Å². The van der Waals surface area contributed by atoms with E-state index in [-0.39, 0.29) is 0 Å². The second kappa shape index (κ2) is 4.60. The first-order valence-electron chi connectivity index (χ1n) is 5.25. The van der Waals surface area contributed by atoms with E-state index in [1.54, 1.807) is 5.19 Å². The first-order valence-corrected chi connectivity index (χ1v) is 8.75. The molecule has 0 fully saturated rings. The van der Waals surface area contributed by atoms with E-state index in [4.69, 9.17) is 0 Å². The maximum Gasteiger partial charge on any atom is 0.0779 e. The van der Waals surface area contributed by atoms with Crippen LogP contribution in [0.1, 0.15) is 12.0 Å². The van der Waals surface area contributed by atoms with Crippen molar-refractivity contribution in [3.8, 4) is 0 Å². The maximum atomic E-state index is 3.78. The lowest BCUT2D eigenvalue weighted by atomic mass is 10.1. The fourth-order valence-corrected chi connectivity index (χ4v) is 3.50. The van der Waals surface area contributed by atoms with Crippen LogP contribution in [0, 0.1) is 0 Å². The van der Waals surface area contributed by atoms with Crippen molar-refractivity contribution in [2.24, 2.45) is 0 Å².